The van der Waals surface area contributed by atoms with Crippen molar-refractivity contribution in [3.05, 3.63) is 35.9 Å². The summed E-state index contributed by atoms with van der Waals surface area (Å²) < 4.78 is 8.77. The van der Waals surface area contributed by atoms with Crippen LogP contribution in [-0.4, -0.2) is 46.6 Å². The van der Waals surface area contributed by atoms with Crippen LogP contribution in [0.3, 0.4) is 0 Å². The van der Waals surface area contributed by atoms with Crippen LogP contribution in [0.5, 0.6) is 0 Å². The molecule has 0 atom stereocenters. The summed E-state index contributed by atoms with van der Waals surface area (Å²) in [5.74, 6) is -0.792. The summed E-state index contributed by atoms with van der Waals surface area (Å²) >= 11 is 0. The van der Waals surface area contributed by atoms with E-state index in [0.717, 1.165) is 0 Å². The largest absolute Gasteiger partial charge is 0.464 e. The van der Waals surface area contributed by atoms with E-state index in [-0.39, 0.29) is 12.4 Å². The zero-order valence-corrected chi connectivity index (χ0v) is 11.1. The van der Waals surface area contributed by atoms with Gasteiger partial charge < -0.3 is 9.47 Å². The van der Waals surface area contributed by atoms with Crippen LogP contribution in [0, 0.1) is 0 Å². The maximum Gasteiger partial charge on any atom is 0.356 e. The number of carbonyl (C=O) groups excluding carboxylic acids is 2. The average molecular weight is 289 g/mol. The first-order chi connectivity index (χ1) is 8.69. The number of H-pyrrole nitrogens is 2. The Morgan fingerprint density at radius 3 is 1.53 bits per heavy atom. The predicted molar refractivity (Wildman–Crippen MR) is 67.1 cm³/mol. The Balaban J connectivity index is 0.000000324. The molecule has 0 fully saturated rings. The second kappa shape index (κ2) is 8.70. The topological polar surface area (TPSA) is 110 Å². The highest BCUT2D eigenvalue weighted by atomic mass is 35.5. The van der Waals surface area contributed by atoms with Crippen molar-refractivity contribution in [3.8, 4) is 0 Å². The number of aromatic nitrogens is 4. The lowest BCUT2D eigenvalue weighted by Gasteiger charge is -1.90. The van der Waals surface area contributed by atoms with Crippen molar-refractivity contribution in [2.45, 2.75) is 0 Å². The summed E-state index contributed by atoms with van der Waals surface area (Å²) in [5.41, 5.74) is 0.745. The molecule has 2 N–H and O–H groups in total. The van der Waals surface area contributed by atoms with Gasteiger partial charge in [0, 0.05) is 12.4 Å². The molecule has 19 heavy (non-hydrogen) atoms. The molecule has 2 heterocycles. The summed E-state index contributed by atoms with van der Waals surface area (Å²) in [6.07, 6.45) is 2.98. The van der Waals surface area contributed by atoms with Gasteiger partial charge in [0.2, 0.25) is 0 Å². The van der Waals surface area contributed by atoms with E-state index in [0.29, 0.717) is 11.4 Å². The highest BCUT2D eigenvalue weighted by Crippen LogP contribution is 1.92. The second-order valence-electron chi connectivity index (χ2n) is 2.92. The standard InChI is InChI=1S/2C5H6N2O2.ClH/c2*1-9-5(8)4-2-3-6-7-4;/h2*2-3H,1H3,(H,6,7);1H. The number of nitrogens with zero attached hydrogens (tertiary/aromatic N) is 2. The third kappa shape index (κ3) is 5.21. The molecule has 2 rings (SSSR count). The van der Waals surface area contributed by atoms with Gasteiger partial charge in [-0.15, -0.1) is 12.4 Å². The Bertz CT molecular complexity index is 437. The van der Waals surface area contributed by atoms with E-state index < -0.39 is 11.9 Å². The molecule has 2 aromatic heterocycles. The van der Waals surface area contributed by atoms with Gasteiger partial charge in [-0.1, -0.05) is 0 Å². The molecular formula is C10H13ClN4O4. The number of hydrogen-bond donors (Lipinski definition) is 2. The van der Waals surface area contributed by atoms with Crippen LogP contribution in [0.15, 0.2) is 24.5 Å². The van der Waals surface area contributed by atoms with Crippen molar-refractivity contribution in [2.24, 2.45) is 0 Å². The van der Waals surface area contributed by atoms with Crippen molar-refractivity contribution in [1.29, 1.82) is 0 Å². The second-order valence-corrected chi connectivity index (χ2v) is 2.92. The van der Waals surface area contributed by atoms with Crippen LogP contribution in [-0.2, 0) is 9.47 Å². The molecule has 0 aromatic carbocycles. The normalized spacial score (nSPS) is 8.53. The van der Waals surface area contributed by atoms with Gasteiger partial charge in [0.1, 0.15) is 11.4 Å². The van der Waals surface area contributed by atoms with E-state index in [1.807, 2.05) is 0 Å². The minimum atomic E-state index is -0.396. The van der Waals surface area contributed by atoms with E-state index in [9.17, 15) is 9.59 Å². The monoisotopic (exact) mass is 288 g/mol. The molecule has 0 aliphatic heterocycles. The molecule has 2 aromatic rings. The first-order valence-corrected chi connectivity index (χ1v) is 4.84. The van der Waals surface area contributed by atoms with Gasteiger partial charge in [0.25, 0.3) is 0 Å². The molecule has 0 radical (unpaired) electrons. The molecule has 0 saturated heterocycles. The van der Waals surface area contributed by atoms with Gasteiger partial charge in [-0.25, -0.2) is 9.59 Å². The minimum absolute atomic E-state index is 0. The highest BCUT2D eigenvalue weighted by Gasteiger charge is 2.04. The van der Waals surface area contributed by atoms with Crippen LogP contribution in [0.2, 0.25) is 0 Å². The van der Waals surface area contributed by atoms with E-state index in [4.69, 9.17) is 0 Å². The third-order valence-corrected chi connectivity index (χ3v) is 1.81. The maximum atomic E-state index is 10.6. The number of halogens is 1. The first-order valence-electron chi connectivity index (χ1n) is 4.84. The van der Waals surface area contributed by atoms with Crippen molar-refractivity contribution >= 4 is 24.3 Å². The number of nitrogens with one attached hydrogen (secondary N) is 2. The van der Waals surface area contributed by atoms with Crippen LogP contribution in [0.25, 0.3) is 0 Å². The van der Waals surface area contributed by atoms with Crippen molar-refractivity contribution < 1.29 is 19.1 Å². The molecule has 0 aliphatic carbocycles. The fourth-order valence-corrected chi connectivity index (χ4v) is 0.959. The van der Waals surface area contributed by atoms with E-state index in [2.05, 4.69) is 29.9 Å². The quantitative estimate of drug-likeness (QED) is 0.792. The van der Waals surface area contributed by atoms with Crippen molar-refractivity contribution in [2.75, 3.05) is 14.2 Å². The summed E-state index contributed by atoms with van der Waals surface area (Å²) in [5, 5.41) is 12.1. The SMILES string of the molecule is COC(=O)c1ccn[nH]1.COC(=O)c1ccn[nH]1.Cl. The molecule has 8 nitrogen and oxygen atoms in total. The first kappa shape index (κ1) is 16.6. The number of ether oxygens (including phenoxy) is 2. The lowest BCUT2D eigenvalue weighted by Crippen LogP contribution is -2.00. The van der Waals surface area contributed by atoms with Gasteiger partial charge in [-0.05, 0) is 12.1 Å². The summed E-state index contributed by atoms with van der Waals surface area (Å²) in [4.78, 5) is 21.2. The number of rotatable bonds is 2. The maximum absolute atomic E-state index is 10.6. The summed E-state index contributed by atoms with van der Waals surface area (Å²) in [7, 11) is 2.65. The van der Waals surface area contributed by atoms with Gasteiger partial charge in [0.05, 0.1) is 14.2 Å². The Labute approximate surface area is 114 Å². The zero-order chi connectivity index (χ0) is 13.4. The summed E-state index contributed by atoms with van der Waals surface area (Å²) in [6.45, 7) is 0. The lowest BCUT2D eigenvalue weighted by atomic mass is 10.4. The minimum Gasteiger partial charge on any atom is -0.464 e. The molecule has 0 amide bonds. The van der Waals surface area contributed by atoms with Crippen LogP contribution in [0.4, 0.5) is 0 Å². The van der Waals surface area contributed by atoms with Crippen LogP contribution in [0.1, 0.15) is 21.0 Å². The highest BCUT2D eigenvalue weighted by molar-refractivity contribution is 5.87. The zero-order valence-electron chi connectivity index (χ0n) is 10.2. The van der Waals surface area contributed by atoms with E-state index >= 15 is 0 Å². The Kier molecular flexibility index (Phi) is 7.62. The van der Waals surface area contributed by atoms with E-state index in [1.165, 1.54) is 26.6 Å². The van der Waals surface area contributed by atoms with E-state index in [1.54, 1.807) is 12.1 Å². The lowest BCUT2D eigenvalue weighted by molar-refractivity contribution is 0.0585. The molecular weight excluding hydrogens is 276 g/mol. The molecule has 0 bridgehead atoms. The van der Waals surface area contributed by atoms with Crippen molar-refractivity contribution in [3.63, 3.8) is 0 Å². The number of aromatic amines is 2. The Morgan fingerprint density at radius 2 is 1.32 bits per heavy atom. The van der Waals surface area contributed by atoms with Gasteiger partial charge in [-0.2, -0.15) is 10.2 Å². The van der Waals surface area contributed by atoms with Gasteiger partial charge in [0.15, 0.2) is 0 Å². The molecule has 0 saturated carbocycles. The van der Waals surface area contributed by atoms with Crippen LogP contribution >= 0.6 is 12.4 Å². The Morgan fingerprint density at radius 1 is 0.947 bits per heavy atom. The number of esters is 2. The number of carbonyl (C=O) groups is 2. The predicted octanol–water partition coefficient (Wildman–Crippen LogP) is 0.814. The third-order valence-electron chi connectivity index (χ3n) is 1.81. The fraction of sp³-hybridized carbons (Fsp3) is 0.200. The smallest absolute Gasteiger partial charge is 0.356 e. The number of hydrogen-bond acceptors (Lipinski definition) is 6. The van der Waals surface area contributed by atoms with Crippen LogP contribution < -0.4 is 0 Å². The molecule has 0 aliphatic rings. The van der Waals surface area contributed by atoms with Crippen molar-refractivity contribution in [1.82, 2.24) is 20.4 Å². The molecule has 0 spiro atoms. The average Bonchev–Trinajstić information content (AvgIpc) is 3.09. The fourth-order valence-electron chi connectivity index (χ4n) is 0.959. The number of methoxy groups -OCH3 is 2. The molecule has 104 valence electrons. The Hall–Kier alpha value is -2.35. The molecule has 0 unspecified atom stereocenters. The van der Waals surface area contributed by atoms with Gasteiger partial charge >= 0.3 is 11.9 Å². The summed E-state index contributed by atoms with van der Waals surface area (Å²) in [6, 6.07) is 3.09. The molecule has 9 heteroatoms. The van der Waals surface area contributed by atoms with Gasteiger partial charge in [-0.3, -0.25) is 10.2 Å².